The Morgan fingerprint density at radius 2 is 1.84 bits per heavy atom. The molecule has 0 bridgehead atoms. The van der Waals surface area contributed by atoms with Crippen LogP contribution in [0, 0.1) is 13.8 Å². The van der Waals surface area contributed by atoms with E-state index in [9.17, 15) is 4.79 Å². The van der Waals surface area contributed by atoms with Gasteiger partial charge in [-0.1, -0.05) is 29.8 Å². The Hall–Kier alpha value is -2.61. The first-order valence-electron chi connectivity index (χ1n) is 10.5. The van der Waals surface area contributed by atoms with E-state index >= 15 is 0 Å². The van der Waals surface area contributed by atoms with Crippen LogP contribution in [0.2, 0.25) is 5.02 Å². The summed E-state index contributed by atoms with van der Waals surface area (Å²) in [5, 5.41) is 8.18. The largest absolute Gasteiger partial charge is 0.379 e. The summed E-state index contributed by atoms with van der Waals surface area (Å²) in [5.74, 6) is 0.610. The number of aryl methyl sites for hydroxylation is 3. The number of hydrogen-bond donors (Lipinski definition) is 1. The minimum absolute atomic E-state index is 0.0308. The van der Waals surface area contributed by atoms with Gasteiger partial charge >= 0.3 is 0 Å². The van der Waals surface area contributed by atoms with Gasteiger partial charge in [0, 0.05) is 43.1 Å². The van der Waals surface area contributed by atoms with Crippen molar-refractivity contribution in [1.82, 2.24) is 24.6 Å². The molecule has 1 N–H and O–H groups in total. The Morgan fingerprint density at radius 1 is 1.16 bits per heavy atom. The van der Waals surface area contributed by atoms with E-state index in [4.69, 9.17) is 16.3 Å². The van der Waals surface area contributed by atoms with Crippen LogP contribution in [0.15, 0.2) is 42.6 Å². The van der Waals surface area contributed by atoms with Crippen molar-refractivity contribution in [3.8, 4) is 5.82 Å². The number of benzene rings is 1. The van der Waals surface area contributed by atoms with Gasteiger partial charge in [0.05, 0.1) is 25.5 Å². The van der Waals surface area contributed by atoms with Gasteiger partial charge in [-0.25, -0.2) is 0 Å². The number of nitrogens with zero attached hydrogens (tertiary/aromatic N) is 4. The van der Waals surface area contributed by atoms with Crippen molar-refractivity contribution in [2.45, 2.75) is 19.9 Å². The van der Waals surface area contributed by atoms with Crippen LogP contribution in [0.25, 0.3) is 5.82 Å². The molecule has 3 aromatic rings. The molecule has 1 atom stereocenters. The molecule has 31 heavy (non-hydrogen) atoms. The molecule has 0 aliphatic carbocycles. The maximum Gasteiger partial charge on any atom is 0.256 e. The first-order valence-corrected chi connectivity index (χ1v) is 10.9. The second kappa shape index (κ2) is 9.26. The highest BCUT2D eigenvalue weighted by atomic mass is 35.5. The second-order valence-electron chi connectivity index (χ2n) is 7.85. The molecule has 4 rings (SSSR count). The van der Waals surface area contributed by atoms with Crippen molar-refractivity contribution in [2.24, 2.45) is 7.05 Å². The molecule has 3 heterocycles. The van der Waals surface area contributed by atoms with E-state index in [2.05, 4.69) is 19.9 Å². The summed E-state index contributed by atoms with van der Waals surface area (Å²) in [7, 11) is 1.85. The fraction of sp³-hybridized carbons (Fsp3) is 0.391. The molecule has 1 amide bonds. The number of halogens is 1. The van der Waals surface area contributed by atoms with E-state index in [1.165, 1.54) is 0 Å². The molecular weight excluding hydrogens is 414 g/mol. The Bertz CT molecular complexity index is 1050. The van der Waals surface area contributed by atoms with E-state index in [1.807, 2.05) is 57.3 Å². The van der Waals surface area contributed by atoms with Crippen molar-refractivity contribution >= 4 is 17.5 Å². The molecule has 1 aromatic carbocycles. The summed E-state index contributed by atoms with van der Waals surface area (Å²) in [6, 6.07) is 11.9. The molecule has 1 aliphatic rings. The summed E-state index contributed by atoms with van der Waals surface area (Å²) in [4.78, 5) is 15.6. The number of nitrogens with one attached hydrogen (secondary N) is 1. The van der Waals surface area contributed by atoms with E-state index < -0.39 is 0 Å². The lowest BCUT2D eigenvalue weighted by Crippen LogP contribution is -2.44. The van der Waals surface area contributed by atoms with Crippen LogP contribution < -0.4 is 5.32 Å². The van der Waals surface area contributed by atoms with Crippen LogP contribution in [-0.4, -0.2) is 58.0 Å². The molecule has 1 aliphatic heterocycles. The monoisotopic (exact) mass is 441 g/mol. The highest BCUT2D eigenvalue weighted by Gasteiger charge is 2.26. The van der Waals surface area contributed by atoms with E-state index in [0.29, 0.717) is 30.3 Å². The Morgan fingerprint density at radius 3 is 2.52 bits per heavy atom. The van der Waals surface area contributed by atoms with Gasteiger partial charge in [-0.15, -0.1) is 0 Å². The lowest BCUT2D eigenvalue weighted by Gasteiger charge is -2.35. The van der Waals surface area contributed by atoms with Crippen molar-refractivity contribution in [3.63, 3.8) is 0 Å². The third-order valence-electron chi connectivity index (χ3n) is 5.84. The Balaban J connectivity index is 1.59. The maximum absolute atomic E-state index is 13.2. The third-order valence-corrected chi connectivity index (χ3v) is 6.19. The first kappa shape index (κ1) is 21.6. The highest BCUT2D eigenvalue weighted by molar-refractivity contribution is 6.31. The number of rotatable bonds is 6. The van der Waals surface area contributed by atoms with Crippen molar-refractivity contribution in [1.29, 1.82) is 0 Å². The fourth-order valence-electron chi connectivity index (χ4n) is 4.21. The Labute approximate surface area is 187 Å². The molecule has 1 unspecified atom stereocenters. The topological polar surface area (TPSA) is 64.3 Å². The number of amides is 1. The SMILES string of the molecule is Cc1ccc(C)n1-c1c(C(=O)NCC(c2ccccc2Cl)N2CCOCC2)cnn1C. The zero-order chi connectivity index (χ0) is 22.0. The lowest BCUT2D eigenvalue weighted by molar-refractivity contribution is 0.0162. The molecule has 8 heteroatoms. The smallest absolute Gasteiger partial charge is 0.256 e. The molecular formula is C23H28ClN5O2. The lowest BCUT2D eigenvalue weighted by atomic mass is 10.0. The van der Waals surface area contributed by atoms with E-state index in [-0.39, 0.29) is 11.9 Å². The molecule has 164 valence electrons. The van der Waals surface area contributed by atoms with Gasteiger partial charge in [-0.05, 0) is 37.6 Å². The molecule has 0 saturated carbocycles. The minimum atomic E-state index is -0.152. The predicted molar refractivity (Wildman–Crippen MR) is 121 cm³/mol. The standard InChI is InChI=1S/C23H28ClN5O2/c1-16-8-9-17(2)29(16)23-19(14-26-27(23)3)22(30)25-15-21(28-10-12-31-13-11-28)18-6-4-5-7-20(18)24/h4-9,14,21H,10-13,15H2,1-3H3,(H,25,30). The van der Waals surface area contributed by atoms with Gasteiger partial charge < -0.3 is 14.6 Å². The minimum Gasteiger partial charge on any atom is -0.379 e. The van der Waals surface area contributed by atoms with Crippen molar-refractivity contribution in [3.05, 3.63) is 70.1 Å². The molecule has 2 aromatic heterocycles. The summed E-state index contributed by atoms with van der Waals surface area (Å²) in [6.07, 6.45) is 1.63. The number of carbonyl (C=O) groups excluding carboxylic acids is 1. The first-order chi connectivity index (χ1) is 15.0. The molecule has 1 saturated heterocycles. The van der Waals surface area contributed by atoms with E-state index in [0.717, 1.165) is 35.9 Å². The normalized spacial score (nSPS) is 15.7. The van der Waals surface area contributed by atoms with Gasteiger partial charge in [-0.3, -0.25) is 14.4 Å². The average molecular weight is 442 g/mol. The third kappa shape index (κ3) is 4.39. The van der Waals surface area contributed by atoms with Crippen LogP contribution in [0.5, 0.6) is 0 Å². The quantitative estimate of drug-likeness (QED) is 0.637. The summed E-state index contributed by atoms with van der Waals surface area (Å²) >= 11 is 6.51. The van der Waals surface area contributed by atoms with Gasteiger partial charge in [0.2, 0.25) is 0 Å². The van der Waals surface area contributed by atoms with Crippen molar-refractivity contribution in [2.75, 3.05) is 32.8 Å². The predicted octanol–water partition coefficient (Wildman–Crippen LogP) is 3.28. The molecule has 7 nitrogen and oxygen atoms in total. The highest BCUT2D eigenvalue weighted by Crippen LogP contribution is 2.28. The number of hydrogen-bond acceptors (Lipinski definition) is 4. The van der Waals surface area contributed by atoms with Crippen LogP contribution >= 0.6 is 11.6 Å². The summed E-state index contributed by atoms with van der Waals surface area (Å²) in [5.41, 5.74) is 3.66. The maximum atomic E-state index is 13.2. The fourth-order valence-corrected chi connectivity index (χ4v) is 4.48. The number of ether oxygens (including phenoxy) is 1. The second-order valence-corrected chi connectivity index (χ2v) is 8.26. The van der Waals surface area contributed by atoms with Gasteiger partial charge in [0.15, 0.2) is 0 Å². The summed E-state index contributed by atoms with van der Waals surface area (Å²) in [6.45, 7) is 7.43. The van der Waals surface area contributed by atoms with Crippen molar-refractivity contribution < 1.29 is 9.53 Å². The zero-order valence-electron chi connectivity index (χ0n) is 18.1. The molecule has 0 spiro atoms. The average Bonchev–Trinajstić information content (AvgIpc) is 3.31. The van der Waals surface area contributed by atoms with Crippen LogP contribution in [0.4, 0.5) is 0 Å². The zero-order valence-corrected chi connectivity index (χ0v) is 18.9. The summed E-state index contributed by atoms with van der Waals surface area (Å²) < 4.78 is 9.31. The van der Waals surface area contributed by atoms with Gasteiger partial charge in [0.1, 0.15) is 11.4 Å². The van der Waals surface area contributed by atoms with Crippen LogP contribution in [-0.2, 0) is 11.8 Å². The van der Waals surface area contributed by atoms with E-state index in [1.54, 1.807) is 10.9 Å². The van der Waals surface area contributed by atoms with Gasteiger partial charge in [-0.2, -0.15) is 5.10 Å². The molecule has 0 radical (unpaired) electrons. The number of carbonyl (C=O) groups is 1. The number of aromatic nitrogens is 3. The van der Waals surface area contributed by atoms with Crippen LogP contribution in [0.3, 0.4) is 0 Å². The number of morpholine rings is 1. The Kier molecular flexibility index (Phi) is 6.46. The van der Waals surface area contributed by atoms with Crippen LogP contribution in [0.1, 0.15) is 33.4 Å². The molecule has 1 fully saturated rings. The van der Waals surface area contributed by atoms with Gasteiger partial charge in [0.25, 0.3) is 5.91 Å².